The number of hydrogen-bond acceptors (Lipinski definition) is 0. The summed E-state index contributed by atoms with van der Waals surface area (Å²) < 4.78 is 2.30. The summed E-state index contributed by atoms with van der Waals surface area (Å²) in [7, 11) is 2.16. The van der Waals surface area contributed by atoms with E-state index < -0.39 is 0 Å². The van der Waals surface area contributed by atoms with Crippen LogP contribution in [-0.2, 0) is 7.05 Å². The Hall–Kier alpha value is -1.76. The third-order valence-corrected chi connectivity index (χ3v) is 4.27. The van der Waals surface area contributed by atoms with Crippen molar-refractivity contribution in [3.8, 4) is 0 Å². The van der Waals surface area contributed by atoms with Crippen LogP contribution < -0.4 is 0 Å². The minimum atomic E-state index is 0.120. The van der Waals surface area contributed by atoms with Crippen molar-refractivity contribution in [2.45, 2.75) is 27.7 Å². The molecular weight excluding hydrogens is 242 g/mol. The van der Waals surface area contributed by atoms with E-state index in [1.807, 2.05) is 0 Å². The van der Waals surface area contributed by atoms with E-state index in [9.17, 15) is 0 Å². The van der Waals surface area contributed by atoms with Gasteiger partial charge in [-0.25, -0.2) is 0 Å². The zero-order valence-electron chi connectivity index (χ0n) is 13.1. The molecule has 0 saturated carbocycles. The molecule has 0 fully saturated rings. The van der Waals surface area contributed by atoms with Crippen molar-refractivity contribution in [2.75, 3.05) is 0 Å². The molecule has 0 bridgehead atoms. The molecule has 104 valence electrons. The predicted octanol–water partition coefficient (Wildman–Crippen LogP) is 5.16. The van der Waals surface area contributed by atoms with Crippen molar-refractivity contribution in [2.24, 2.45) is 17.9 Å². The third kappa shape index (κ3) is 2.11. The first-order chi connectivity index (χ1) is 9.29. The first-order valence-electron chi connectivity index (χ1n) is 7.29. The normalized spacial score (nSPS) is 21.2. The average Bonchev–Trinajstić information content (AvgIpc) is 2.48. The molecular formula is C19H23N. The van der Waals surface area contributed by atoms with Gasteiger partial charge < -0.3 is 4.57 Å². The first kappa shape index (κ1) is 13.2. The number of allylic oxidation sites excluding steroid dienone is 4. The van der Waals surface area contributed by atoms with Crippen molar-refractivity contribution >= 4 is 24.3 Å². The Morgan fingerprint density at radius 3 is 1.40 bits per heavy atom. The van der Waals surface area contributed by atoms with Crippen molar-refractivity contribution in [1.29, 1.82) is 0 Å². The summed E-state index contributed by atoms with van der Waals surface area (Å²) in [4.78, 5) is 0. The van der Waals surface area contributed by atoms with Gasteiger partial charge in [0.1, 0.15) is 0 Å². The number of hydrogen-bond donors (Lipinski definition) is 0. The van der Waals surface area contributed by atoms with Crippen LogP contribution in [0.1, 0.15) is 50.2 Å². The maximum atomic E-state index is 2.30. The molecule has 0 amide bonds. The molecule has 0 spiro atoms. The van der Waals surface area contributed by atoms with E-state index in [-0.39, 0.29) is 10.8 Å². The summed E-state index contributed by atoms with van der Waals surface area (Å²) in [6, 6.07) is 0. The molecule has 0 atom stereocenters. The van der Waals surface area contributed by atoms with Crippen LogP contribution in [0, 0.1) is 10.8 Å². The van der Waals surface area contributed by atoms with E-state index >= 15 is 0 Å². The quantitative estimate of drug-likeness (QED) is 0.611. The lowest BCUT2D eigenvalue weighted by Gasteiger charge is -2.12. The second kappa shape index (κ2) is 4.12. The number of rotatable bonds is 0. The minimum absolute atomic E-state index is 0.120. The van der Waals surface area contributed by atoms with Crippen molar-refractivity contribution < 1.29 is 0 Å². The summed E-state index contributed by atoms with van der Waals surface area (Å²) in [5.41, 5.74) is 5.51. The Morgan fingerprint density at radius 1 is 0.650 bits per heavy atom. The summed E-state index contributed by atoms with van der Waals surface area (Å²) in [6.07, 6.45) is 18.2. The summed E-state index contributed by atoms with van der Waals surface area (Å²) in [5.74, 6) is 0. The van der Waals surface area contributed by atoms with Crippen LogP contribution in [0.25, 0.3) is 24.3 Å². The van der Waals surface area contributed by atoms with Crippen LogP contribution in [-0.4, -0.2) is 4.57 Å². The minimum Gasteiger partial charge on any atom is -0.344 e. The van der Waals surface area contributed by atoms with Gasteiger partial charge in [-0.2, -0.15) is 0 Å². The molecule has 1 aromatic rings. The molecule has 0 saturated heterocycles. The Morgan fingerprint density at radius 2 is 1.00 bits per heavy atom. The molecule has 0 aromatic carbocycles. The number of nitrogens with zero attached hydrogens (tertiary/aromatic N) is 1. The van der Waals surface area contributed by atoms with Crippen LogP contribution in [0.2, 0.25) is 0 Å². The lowest BCUT2D eigenvalue weighted by Crippen LogP contribution is -2.01. The highest BCUT2D eigenvalue weighted by Crippen LogP contribution is 2.36. The van der Waals surface area contributed by atoms with Gasteiger partial charge in [-0.15, -0.1) is 0 Å². The van der Waals surface area contributed by atoms with E-state index in [1.165, 1.54) is 22.5 Å². The van der Waals surface area contributed by atoms with Crippen molar-refractivity contribution in [1.82, 2.24) is 4.57 Å². The lowest BCUT2D eigenvalue weighted by atomic mass is 9.92. The molecule has 1 heterocycles. The summed E-state index contributed by atoms with van der Waals surface area (Å²) in [5, 5.41) is 0. The molecule has 20 heavy (non-hydrogen) atoms. The second-order valence-electron chi connectivity index (χ2n) is 7.13. The first-order valence-corrected chi connectivity index (χ1v) is 7.29. The van der Waals surface area contributed by atoms with Crippen LogP contribution in [0.5, 0.6) is 0 Å². The topological polar surface area (TPSA) is 4.93 Å². The van der Waals surface area contributed by atoms with Crippen LogP contribution in [0.15, 0.2) is 24.3 Å². The Kier molecular flexibility index (Phi) is 2.72. The monoisotopic (exact) mass is 265 g/mol. The van der Waals surface area contributed by atoms with Gasteiger partial charge in [-0.1, -0.05) is 64.2 Å². The largest absolute Gasteiger partial charge is 0.344 e. The van der Waals surface area contributed by atoms with Crippen molar-refractivity contribution in [3.63, 3.8) is 0 Å². The van der Waals surface area contributed by atoms with E-state index in [0.717, 1.165) is 0 Å². The molecule has 2 aliphatic carbocycles. The fourth-order valence-electron chi connectivity index (χ4n) is 2.82. The Labute approximate surface area is 122 Å². The molecule has 3 rings (SSSR count). The fourth-order valence-corrected chi connectivity index (χ4v) is 2.82. The van der Waals surface area contributed by atoms with Crippen LogP contribution in [0.3, 0.4) is 0 Å². The van der Waals surface area contributed by atoms with Gasteiger partial charge in [0.2, 0.25) is 0 Å². The summed E-state index contributed by atoms with van der Waals surface area (Å²) >= 11 is 0. The van der Waals surface area contributed by atoms with E-state index in [0.29, 0.717) is 0 Å². The van der Waals surface area contributed by atoms with Crippen molar-refractivity contribution in [3.05, 3.63) is 46.8 Å². The number of fused-ring (bicyclic) bond motifs is 3. The summed E-state index contributed by atoms with van der Waals surface area (Å²) in [6.45, 7) is 8.96. The van der Waals surface area contributed by atoms with E-state index in [1.54, 1.807) is 0 Å². The smallest absolute Gasteiger partial charge is 0.0485 e. The van der Waals surface area contributed by atoms with Gasteiger partial charge in [0.15, 0.2) is 0 Å². The average molecular weight is 265 g/mol. The SMILES string of the molecule is Cn1c2c(c3c1C=CC(C)(C)C=C3)C=CC(C)(C)C=C2. The highest BCUT2D eigenvalue weighted by Gasteiger charge is 2.22. The lowest BCUT2D eigenvalue weighted by molar-refractivity contribution is 0.633. The molecule has 0 N–H and O–H groups in total. The zero-order valence-corrected chi connectivity index (χ0v) is 13.1. The second-order valence-corrected chi connectivity index (χ2v) is 7.13. The zero-order chi connectivity index (χ0) is 14.5. The van der Waals surface area contributed by atoms with Gasteiger partial charge in [-0.3, -0.25) is 0 Å². The molecule has 0 radical (unpaired) electrons. The van der Waals surface area contributed by atoms with Gasteiger partial charge in [0.05, 0.1) is 0 Å². The highest BCUT2D eigenvalue weighted by molar-refractivity contribution is 5.82. The Balaban J connectivity index is 2.24. The standard InChI is InChI=1S/C19H23N/c1-18(2)10-6-14-15-7-11-19(3,4)13-9-17(15)20(5)16(14)8-12-18/h6-13H,1-5H3. The van der Waals surface area contributed by atoms with Gasteiger partial charge >= 0.3 is 0 Å². The molecule has 1 nitrogen and oxygen atoms in total. The van der Waals surface area contributed by atoms with Gasteiger partial charge in [0, 0.05) is 40.4 Å². The number of aromatic nitrogens is 1. The van der Waals surface area contributed by atoms with Crippen LogP contribution in [0.4, 0.5) is 0 Å². The molecule has 2 aliphatic rings. The van der Waals surface area contributed by atoms with E-state index in [4.69, 9.17) is 0 Å². The predicted molar refractivity (Wildman–Crippen MR) is 89.1 cm³/mol. The molecule has 0 unspecified atom stereocenters. The van der Waals surface area contributed by atoms with Crippen LogP contribution >= 0.6 is 0 Å². The maximum absolute atomic E-state index is 2.30. The van der Waals surface area contributed by atoms with Gasteiger partial charge in [-0.05, 0) is 12.2 Å². The highest BCUT2D eigenvalue weighted by atomic mass is 15.0. The van der Waals surface area contributed by atoms with Gasteiger partial charge in [0.25, 0.3) is 0 Å². The fraction of sp³-hybridized carbons (Fsp3) is 0.368. The molecule has 0 aliphatic heterocycles. The third-order valence-electron chi connectivity index (χ3n) is 4.27. The van der Waals surface area contributed by atoms with E-state index in [2.05, 4.69) is 87.9 Å². The molecule has 1 aromatic heterocycles. The Bertz CT molecular complexity index is 616. The molecule has 1 heteroatoms. The maximum Gasteiger partial charge on any atom is 0.0485 e.